The van der Waals surface area contributed by atoms with Crippen LogP contribution in [0.2, 0.25) is 0 Å². The number of carbonyl (C=O) groups is 4. The third-order valence-corrected chi connectivity index (χ3v) is 14.3. The summed E-state index contributed by atoms with van der Waals surface area (Å²) in [5.41, 5.74) is 0.663. The number of amides is 3. The zero-order valence-electron chi connectivity index (χ0n) is 33.9. The second kappa shape index (κ2) is 17.4. The highest BCUT2D eigenvalue weighted by molar-refractivity contribution is 7.57. The fourth-order valence-electron chi connectivity index (χ4n) is 7.95. The van der Waals surface area contributed by atoms with Crippen molar-refractivity contribution in [3.05, 3.63) is 89.1 Å². The van der Waals surface area contributed by atoms with Crippen LogP contribution in [0.15, 0.2) is 73.1 Å². The number of alkyl halides is 1. The van der Waals surface area contributed by atoms with Crippen molar-refractivity contribution < 1.29 is 42.1 Å². The minimum Gasteiger partial charge on any atom is -0.496 e. The Morgan fingerprint density at radius 1 is 1.03 bits per heavy atom. The van der Waals surface area contributed by atoms with Gasteiger partial charge in [0, 0.05) is 47.7 Å². The van der Waals surface area contributed by atoms with Crippen molar-refractivity contribution in [1.82, 2.24) is 25.2 Å². The molecule has 0 unspecified atom stereocenters. The molecular weight excluding hydrogens is 797 g/mol. The standard InChI is InChI=1S/C43H51FN5O8PS/c1-26(42(53)56-25-43(2,3)4)47-58(54,57-31-11-7-6-8-12-31)38(44)27-14-17-36-28(20-27)21-37(59-36)39(50)46-33-13-9-10-30-15-16-34(49(30)40(33)51)41(52)48-23-29(24-48)32-22-45-19-18-35(32)55-5/h6-8,11-12,14,17-22,26,29-30,33-34,38H,9-10,13,15-16,23-25H2,1-5H3,(H,46,50)(H,47,54)/t26-,30-,33-,34-,38+,58+/m0/s1. The van der Waals surface area contributed by atoms with Gasteiger partial charge in [0.05, 0.1) is 18.6 Å². The summed E-state index contributed by atoms with van der Waals surface area (Å²) < 4.78 is 48.3. The van der Waals surface area contributed by atoms with E-state index in [9.17, 15) is 23.7 Å². The molecule has 0 radical (unpaired) electrons. The lowest BCUT2D eigenvalue weighted by Gasteiger charge is -2.42. The van der Waals surface area contributed by atoms with Crippen molar-refractivity contribution in [3.63, 3.8) is 0 Å². The molecule has 16 heteroatoms. The van der Waals surface area contributed by atoms with E-state index in [4.69, 9.17) is 14.0 Å². The lowest BCUT2D eigenvalue weighted by Crippen LogP contribution is -2.58. The highest BCUT2D eigenvalue weighted by atomic mass is 32.1. The van der Waals surface area contributed by atoms with E-state index >= 15 is 4.39 Å². The van der Waals surface area contributed by atoms with Gasteiger partial charge in [-0.05, 0) is 91.8 Å². The number of thiophene rings is 1. The molecule has 2 N–H and O–H groups in total. The number of benzene rings is 2. The van der Waals surface area contributed by atoms with Crippen LogP contribution in [0.3, 0.4) is 0 Å². The van der Waals surface area contributed by atoms with E-state index in [0.29, 0.717) is 47.3 Å². The zero-order valence-corrected chi connectivity index (χ0v) is 35.6. The van der Waals surface area contributed by atoms with E-state index in [1.165, 1.54) is 30.4 Å². The van der Waals surface area contributed by atoms with E-state index in [-0.39, 0.29) is 47.1 Å². The molecule has 3 aliphatic heterocycles. The summed E-state index contributed by atoms with van der Waals surface area (Å²) in [4.78, 5) is 62.6. The number of carbonyl (C=O) groups excluding carboxylic acids is 4. The van der Waals surface area contributed by atoms with Gasteiger partial charge in [0.2, 0.25) is 17.7 Å². The molecule has 59 heavy (non-hydrogen) atoms. The summed E-state index contributed by atoms with van der Waals surface area (Å²) >= 11 is 1.18. The van der Waals surface area contributed by atoms with Gasteiger partial charge in [0.15, 0.2) is 0 Å². The van der Waals surface area contributed by atoms with Crippen LogP contribution in [0.1, 0.15) is 92.4 Å². The average Bonchev–Trinajstić information content (AvgIpc) is 3.79. The van der Waals surface area contributed by atoms with Gasteiger partial charge in [0.1, 0.15) is 29.6 Å². The fourth-order valence-corrected chi connectivity index (χ4v) is 10.8. The van der Waals surface area contributed by atoms with Crippen molar-refractivity contribution in [3.8, 4) is 11.5 Å². The van der Waals surface area contributed by atoms with E-state index in [2.05, 4.69) is 15.4 Å². The summed E-state index contributed by atoms with van der Waals surface area (Å²) in [5, 5.41) is 6.07. The van der Waals surface area contributed by atoms with Crippen molar-refractivity contribution >= 4 is 52.6 Å². The van der Waals surface area contributed by atoms with Gasteiger partial charge in [-0.1, -0.05) is 45.0 Å². The van der Waals surface area contributed by atoms with E-state index < -0.39 is 43.4 Å². The zero-order chi connectivity index (χ0) is 42.1. The largest absolute Gasteiger partial charge is 0.496 e. The minimum absolute atomic E-state index is 0.0205. The number of fused-ring (bicyclic) bond motifs is 2. The van der Waals surface area contributed by atoms with Crippen LogP contribution in [0, 0.1) is 5.41 Å². The highest BCUT2D eigenvalue weighted by Crippen LogP contribution is 2.58. The topological polar surface area (TPSA) is 156 Å². The number of para-hydroxylation sites is 1. The molecule has 3 fully saturated rings. The smallest absolute Gasteiger partial charge is 0.355 e. The number of hydrogen-bond acceptors (Lipinski definition) is 10. The molecule has 0 aliphatic carbocycles. The Morgan fingerprint density at radius 2 is 1.80 bits per heavy atom. The predicted molar refractivity (Wildman–Crippen MR) is 222 cm³/mol. The monoisotopic (exact) mass is 847 g/mol. The van der Waals surface area contributed by atoms with Gasteiger partial charge in [-0.25, -0.2) is 9.48 Å². The van der Waals surface area contributed by atoms with Crippen LogP contribution in [0.4, 0.5) is 4.39 Å². The Balaban J connectivity index is 1.03. The molecule has 2 aromatic heterocycles. The van der Waals surface area contributed by atoms with Crippen molar-refractivity contribution in [1.29, 1.82) is 0 Å². The third kappa shape index (κ3) is 9.32. The van der Waals surface area contributed by atoms with E-state index in [0.717, 1.165) is 24.2 Å². The van der Waals surface area contributed by atoms with Crippen molar-refractivity contribution in [2.75, 3.05) is 26.8 Å². The molecule has 7 rings (SSSR count). The van der Waals surface area contributed by atoms with Crippen LogP contribution < -0.4 is 19.7 Å². The maximum absolute atomic E-state index is 16.6. The predicted octanol–water partition coefficient (Wildman–Crippen LogP) is 7.38. The molecule has 5 heterocycles. The molecule has 2 aromatic carbocycles. The number of methoxy groups -OCH3 is 1. The molecule has 13 nitrogen and oxygen atoms in total. The van der Waals surface area contributed by atoms with Gasteiger partial charge in [-0.15, -0.1) is 11.3 Å². The molecule has 0 spiro atoms. The van der Waals surface area contributed by atoms with Crippen molar-refractivity contribution in [2.24, 2.45) is 5.41 Å². The number of esters is 1. The fraction of sp³-hybridized carbons (Fsp3) is 0.465. The molecule has 0 bridgehead atoms. The second-order valence-corrected chi connectivity index (χ2v) is 19.9. The van der Waals surface area contributed by atoms with Crippen LogP contribution >= 0.6 is 18.9 Å². The SMILES string of the molecule is COc1ccncc1C1CN(C(=O)[C@@H]2CC[C@@H]3CCC[C@H](NC(=O)c4cc5cc([C@H](F)[P@](=O)(N[C@@H](C)C(=O)OCC(C)(C)C)Oc6ccccc6)ccc5s4)C(=O)N32)C1. The number of nitrogens with one attached hydrogen (secondary N) is 2. The average molecular weight is 848 g/mol. The summed E-state index contributed by atoms with van der Waals surface area (Å²) in [6.45, 7) is 8.29. The molecule has 6 atom stereocenters. The third-order valence-electron chi connectivity index (χ3n) is 11.0. The quantitative estimate of drug-likeness (QED) is 0.103. The van der Waals surface area contributed by atoms with Crippen LogP contribution in [-0.2, 0) is 23.7 Å². The molecule has 4 aromatic rings. The Morgan fingerprint density at radius 3 is 2.53 bits per heavy atom. The van der Waals surface area contributed by atoms with E-state index in [1.54, 1.807) is 77.8 Å². The molecule has 0 saturated carbocycles. The van der Waals surface area contributed by atoms with Crippen LogP contribution in [0.25, 0.3) is 10.1 Å². The number of rotatable bonds is 13. The number of halogens is 1. The van der Waals surface area contributed by atoms with Gasteiger partial charge < -0.3 is 29.1 Å². The lowest BCUT2D eigenvalue weighted by atomic mass is 9.91. The Bertz CT molecular complexity index is 2250. The van der Waals surface area contributed by atoms with E-state index in [1.807, 2.05) is 20.8 Å². The first-order chi connectivity index (χ1) is 28.1. The molecule has 3 saturated heterocycles. The Labute approximate surface area is 347 Å². The number of likely N-dealkylation sites (tertiary alicyclic amines) is 1. The molecule has 3 amide bonds. The lowest BCUT2D eigenvalue weighted by molar-refractivity contribution is -0.148. The molecular formula is C43H51FN5O8PS. The highest BCUT2D eigenvalue weighted by Gasteiger charge is 2.48. The number of pyridine rings is 1. The first kappa shape index (κ1) is 42.3. The molecule has 3 aliphatic rings. The summed E-state index contributed by atoms with van der Waals surface area (Å²) in [6.07, 6.45) is 6.64. The van der Waals surface area contributed by atoms with Gasteiger partial charge in [0.25, 0.3) is 5.91 Å². The van der Waals surface area contributed by atoms with Crippen LogP contribution in [-0.4, -0.2) is 89.4 Å². The number of nitrogens with zero attached hydrogens (tertiary/aromatic N) is 3. The second-order valence-electron chi connectivity index (χ2n) is 16.8. The maximum Gasteiger partial charge on any atom is 0.355 e. The van der Waals surface area contributed by atoms with Gasteiger partial charge in [-0.3, -0.25) is 28.7 Å². The van der Waals surface area contributed by atoms with Gasteiger partial charge >= 0.3 is 13.5 Å². The number of ether oxygens (including phenoxy) is 2. The maximum atomic E-state index is 16.6. The normalized spacial score (nSPS) is 21.7. The summed E-state index contributed by atoms with van der Waals surface area (Å²) in [5.74, 6) is -2.71. The van der Waals surface area contributed by atoms with Gasteiger partial charge in [-0.2, -0.15) is 0 Å². The van der Waals surface area contributed by atoms with Crippen LogP contribution in [0.5, 0.6) is 11.5 Å². The first-order valence-electron chi connectivity index (χ1n) is 20.0. The number of hydrogen-bond donors (Lipinski definition) is 2. The van der Waals surface area contributed by atoms with Crippen molar-refractivity contribution in [2.45, 2.75) is 95.8 Å². The summed E-state index contributed by atoms with van der Waals surface area (Å²) in [7, 11) is -2.86. The Hall–Kier alpha value is -4.85. The Kier molecular flexibility index (Phi) is 12.5. The number of aromatic nitrogens is 1. The summed E-state index contributed by atoms with van der Waals surface area (Å²) in [6, 6.07) is 13.5. The minimum atomic E-state index is -4.47. The molecule has 314 valence electrons. The first-order valence-corrected chi connectivity index (χ1v) is 22.5.